The number of nitrogens with two attached hydrogens (primary N) is 1. The summed E-state index contributed by atoms with van der Waals surface area (Å²) >= 11 is 12.2. The van der Waals surface area contributed by atoms with Gasteiger partial charge in [-0.25, -0.2) is 0 Å². The highest BCUT2D eigenvalue weighted by molar-refractivity contribution is 6.35. The summed E-state index contributed by atoms with van der Waals surface area (Å²) in [5.74, 6) is 1.01. The van der Waals surface area contributed by atoms with Crippen molar-refractivity contribution in [1.29, 1.82) is 0 Å². The molecular formula is C13H15Cl2N3. The Morgan fingerprint density at radius 1 is 1.33 bits per heavy atom. The highest BCUT2D eigenvalue weighted by atomic mass is 35.5. The van der Waals surface area contributed by atoms with Gasteiger partial charge in [-0.05, 0) is 30.5 Å². The molecule has 0 amide bonds. The Hall–Kier alpha value is -1.19. The number of nitrogens with one attached hydrogen (secondary N) is 1. The van der Waals surface area contributed by atoms with Crippen molar-refractivity contribution in [2.75, 3.05) is 5.73 Å². The van der Waals surface area contributed by atoms with E-state index >= 15 is 0 Å². The molecule has 0 unspecified atom stereocenters. The third kappa shape index (κ3) is 2.62. The Kier molecular flexibility index (Phi) is 3.83. The van der Waals surface area contributed by atoms with Gasteiger partial charge in [0.25, 0.3) is 0 Å². The second kappa shape index (κ2) is 5.21. The molecule has 96 valence electrons. The maximum Gasteiger partial charge on any atom is 0.149 e. The molecule has 1 aromatic heterocycles. The van der Waals surface area contributed by atoms with E-state index in [4.69, 9.17) is 28.9 Å². The van der Waals surface area contributed by atoms with E-state index in [0.29, 0.717) is 21.8 Å². The fourth-order valence-corrected chi connectivity index (χ4v) is 2.29. The van der Waals surface area contributed by atoms with Gasteiger partial charge in [0.2, 0.25) is 0 Å². The Morgan fingerprint density at radius 3 is 2.72 bits per heavy atom. The highest BCUT2D eigenvalue weighted by Crippen LogP contribution is 2.34. The van der Waals surface area contributed by atoms with Crippen molar-refractivity contribution in [1.82, 2.24) is 10.2 Å². The van der Waals surface area contributed by atoms with E-state index in [1.807, 2.05) is 6.07 Å². The summed E-state index contributed by atoms with van der Waals surface area (Å²) in [6.07, 6.45) is 0.848. The quantitative estimate of drug-likeness (QED) is 0.889. The second-order valence-corrected chi connectivity index (χ2v) is 5.53. The SMILES string of the molecule is CC(C)Cc1c(N)n[nH]c1-c1cc(Cl)ccc1Cl. The first-order valence-electron chi connectivity index (χ1n) is 5.77. The molecule has 0 spiro atoms. The molecule has 0 saturated carbocycles. The third-order valence-electron chi connectivity index (χ3n) is 2.71. The molecular weight excluding hydrogens is 269 g/mol. The van der Waals surface area contributed by atoms with Gasteiger partial charge in [-0.1, -0.05) is 37.0 Å². The summed E-state index contributed by atoms with van der Waals surface area (Å²) in [7, 11) is 0. The fourth-order valence-electron chi connectivity index (χ4n) is 1.91. The van der Waals surface area contributed by atoms with Crippen molar-refractivity contribution in [3.05, 3.63) is 33.8 Å². The molecule has 18 heavy (non-hydrogen) atoms. The maximum atomic E-state index is 6.20. The van der Waals surface area contributed by atoms with E-state index in [-0.39, 0.29) is 0 Å². The zero-order chi connectivity index (χ0) is 13.3. The van der Waals surface area contributed by atoms with Crippen LogP contribution in [0, 0.1) is 5.92 Å². The number of aromatic nitrogens is 2. The number of benzene rings is 1. The minimum atomic E-state index is 0.488. The van der Waals surface area contributed by atoms with Crippen LogP contribution in [0.4, 0.5) is 5.82 Å². The highest BCUT2D eigenvalue weighted by Gasteiger charge is 2.16. The normalized spacial score (nSPS) is 11.2. The van der Waals surface area contributed by atoms with Crippen molar-refractivity contribution in [2.24, 2.45) is 5.92 Å². The lowest BCUT2D eigenvalue weighted by atomic mass is 9.99. The standard InChI is InChI=1S/C13H15Cl2N3/c1-7(2)5-10-12(17-18-13(10)16)9-6-8(14)3-4-11(9)15/h3-4,6-7H,5H2,1-2H3,(H3,16,17,18). The number of H-pyrrole nitrogens is 1. The van der Waals surface area contributed by atoms with Crippen LogP contribution in [-0.2, 0) is 6.42 Å². The van der Waals surface area contributed by atoms with Crippen molar-refractivity contribution < 1.29 is 0 Å². The van der Waals surface area contributed by atoms with Gasteiger partial charge in [-0.2, -0.15) is 5.10 Å². The number of aromatic amines is 1. The molecule has 0 radical (unpaired) electrons. The molecule has 0 atom stereocenters. The van der Waals surface area contributed by atoms with Crippen molar-refractivity contribution in [2.45, 2.75) is 20.3 Å². The van der Waals surface area contributed by atoms with Crippen LogP contribution in [0.2, 0.25) is 10.0 Å². The van der Waals surface area contributed by atoms with E-state index in [0.717, 1.165) is 23.2 Å². The molecule has 0 fully saturated rings. The molecule has 3 nitrogen and oxygen atoms in total. The summed E-state index contributed by atoms with van der Waals surface area (Å²) in [6.45, 7) is 4.27. The monoisotopic (exact) mass is 283 g/mol. The lowest BCUT2D eigenvalue weighted by Gasteiger charge is -2.08. The lowest BCUT2D eigenvalue weighted by Crippen LogP contribution is -1.99. The molecule has 2 rings (SSSR count). The number of hydrogen-bond acceptors (Lipinski definition) is 2. The summed E-state index contributed by atoms with van der Waals surface area (Å²) < 4.78 is 0. The molecule has 0 saturated heterocycles. The molecule has 0 aliphatic heterocycles. The number of rotatable bonds is 3. The van der Waals surface area contributed by atoms with Gasteiger partial charge >= 0.3 is 0 Å². The van der Waals surface area contributed by atoms with Gasteiger partial charge in [0.15, 0.2) is 0 Å². The smallest absolute Gasteiger partial charge is 0.149 e. The summed E-state index contributed by atoms with van der Waals surface area (Å²) in [4.78, 5) is 0. The number of nitrogen functional groups attached to an aromatic ring is 1. The van der Waals surface area contributed by atoms with Gasteiger partial charge < -0.3 is 5.73 Å². The van der Waals surface area contributed by atoms with Crippen LogP contribution < -0.4 is 5.73 Å². The molecule has 2 aromatic rings. The third-order valence-corrected chi connectivity index (χ3v) is 3.27. The van der Waals surface area contributed by atoms with Crippen LogP contribution in [-0.4, -0.2) is 10.2 Å². The summed E-state index contributed by atoms with van der Waals surface area (Å²) in [5, 5.41) is 8.28. The van der Waals surface area contributed by atoms with Crippen molar-refractivity contribution >= 4 is 29.0 Å². The Balaban J connectivity index is 2.53. The van der Waals surface area contributed by atoms with Gasteiger partial charge in [0.05, 0.1) is 10.7 Å². The topological polar surface area (TPSA) is 54.7 Å². The Labute approximate surface area is 116 Å². The Morgan fingerprint density at radius 2 is 2.06 bits per heavy atom. The lowest BCUT2D eigenvalue weighted by molar-refractivity contribution is 0.649. The number of nitrogens with zero attached hydrogens (tertiary/aromatic N) is 1. The molecule has 5 heteroatoms. The van der Waals surface area contributed by atoms with Gasteiger partial charge in [0.1, 0.15) is 5.82 Å². The minimum Gasteiger partial charge on any atom is -0.382 e. The first-order valence-corrected chi connectivity index (χ1v) is 6.52. The minimum absolute atomic E-state index is 0.488. The van der Waals surface area contributed by atoms with E-state index in [9.17, 15) is 0 Å². The van der Waals surface area contributed by atoms with E-state index in [1.54, 1.807) is 12.1 Å². The van der Waals surface area contributed by atoms with Crippen LogP contribution in [0.1, 0.15) is 19.4 Å². The van der Waals surface area contributed by atoms with E-state index in [1.165, 1.54) is 0 Å². The number of hydrogen-bond donors (Lipinski definition) is 2. The van der Waals surface area contributed by atoms with Crippen LogP contribution in [0.3, 0.4) is 0 Å². The van der Waals surface area contributed by atoms with Gasteiger partial charge in [-0.15, -0.1) is 0 Å². The van der Waals surface area contributed by atoms with Crippen LogP contribution in [0.25, 0.3) is 11.3 Å². The van der Waals surface area contributed by atoms with Crippen LogP contribution >= 0.6 is 23.2 Å². The summed E-state index contributed by atoms with van der Waals surface area (Å²) in [6, 6.07) is 5.35. The Bertz CT molecular complexity index is 561. The average molecular weight is 284 g/mol. The first-order chi connectivity index (χ1) is 8.49. The predicted molar refractivity (Wildman–Crippen MR) is 77.0 cm³/mol. The average Bonchev–Trinajstić information content (AvgIpc) is 2.64. The second-order valence-electron chi connectivity index (χ2n) is 4.68. The molecule has 0 aliphatic rings. The number of halogens is 2. The maximum absolute atomic E-state index is 6.20. The van der Waals surface area contributed by atoms with E-state index < -0.39 is 0 Å². The molecule has 0 bridgehead atoms. The summed E-state index contributed by atoms with van der Waals surface area (Å²) in [5.41, 5.74) is 8.58. The molecule has 1 heterocycles. The van der Waals surface area contributed by atoms with Crippen LogP contribution in [0.5, 0.6) is 0 Å². The van der Waals surface area contributed by atoms with Crippen molar-refractivity contribution in [3.63, 3.8) is 0 Å². The number of anilines is 1. The van der Waals surface area contributed by atoms with Crippen molar-refractivity contribution in [3.8, 4) is 11.3 Å². The predicted octanol–water partition coefficient (Wildman–Crippen LogP) is 4.16. The first kappa shape index (κ1) is 13.2. The van der Waals surface area contributed by atoms with E-state index in [2.05, 4.69) is 24.0 Å². The largest absolute Gasteiger partial charge is 0.382 e. The van der Waals surface area contributed by atoms with Crippen LogP contribution in [0.15, 0.2) is 18.2 Å². The van der Waals surface area contributed by atoms with Gasteiger partial charge in [-0.3, -0.25) is 5.10 Å². The zero-order valence-electron chi connectivity index (χ0n) is 10.3. The molecule has 0 aliphatic carbocycles. The fraction of sp³-hybridized carbons (Fsp3) is 0.308. The molecule has 1 aromatic carbocycles. The van der Waals surface area contributed by atoms with Gasteiger partial charge in [0, 0.05) is 16.1 Å². The molecule has 3 N–H and O–H groups in total. The zero-order valence-corrected chi connectivity index (χ0v) is 11.8.